The molecule has 17 heavy (non-hydrogen) atoms. The summed E-state index contributed by atoms with van der Waals surface area (Å²) in [4.78, 5) is 11.7. The molecule has 0 bridgehead atoms. The van der Waals surface area contributed by atoms with E-state index in [4.69, 9.17) is 0 Å². The zero-order valence-corrected chi connectivity index (χ0v) is 9.35. The zero-order chi connectivity index (χ0) is 12.3. The van der Waals surface area contributed by atoms with Crippen molar-refractivity contribution >= 4 is 5.91 Å². The first kappa shape index (κ1) is 11.3. The highest BCUT2D eigenvalue weighted by Gasteiger charge is 2.05. The predicted octanol–water partition coefficient (Wildman–Crippen LogP) is 1.49. The van der Waals surface area contributed by atoms with Crippen molar-refractivity contribution in [3.63, 3.8) is 0 Å². The second kappa shape index (κ2) is 4.78. The second-order valence-electron chi connectivity index (χ2n) is 3.67. The number of rotatable bonds is 3. The number of aromatic nitrogens is 2. The molecule has 2 rings (SSSR count). The monoisotopic (exact) mass is 233 g/mol. The maximum atomic E-state index is 12.7. The molecule has 88 valence electrons. The van der Waals surface area contributed by atoms with Crippen LogP contribution in [0.4, 0.5) is 4.39 Å². The Bertz CT molecular complexity index is 519. The summed E-state index contributed by atoms with van der Waals surface area (Å²) in [5, 5.41) is 6.84. The Morgan fingerprint density at radius 2 is 2.06 bits per heavy atom. The van der Waals surface area contributed by atoms with E-state index in [0.29, 0.717) is 12.1 Å². The van der Waals surface area contributed by atoms with Crippen molar-refractivity contribution in [1.82, 2.24) is 15.1 Å². The summed E-state index contributed by atoms with van der Waals surface area (Å²) in [6.07, 6.45) is 1.80. The van der Waals surface area contributed by atoms with Gasteiger partial charge in [-0.2, -0.15) is 5.10 Å². The Kier molecular flexibility index (Phi) is 3.18. The van der Waals surface area contributed by atoms with Gasteiger partial charge in [0.1, 0.15) is 5.82 Å². The van der Waals surface area contributed by atoms with Gasteiger partial charge in [-0.15, -0.1) is 0 Å². The minimum atomic E-state index is -0.355. The zero-order valence-electron chi connectivity index (χ0n) is 9.35. The van der Waals surface area contributed by atoms with Crippen LogP contribution in [0.2, 0.25) is 0 Å². The molecule has 0 fully saturated rings. The minimum absolute atomic E-state index is 0.240. The quantitative estimate of drug-likeness (QED) is 0.873. The van der Waals surface area contributed by atoms with Crippen LogP contribution in [0.1, 0.15) is 16.1 Å². The third kappa shape index (κ3) is 2.90. The number of hydrogen-bond acceptors (Lipinski definition) is 2. The Morgan fingerprint density at radius 1 is 1.35 bits per heavy atom. The van der Waals surface area contributed by atoms with Gasteiger partial charge in [0.2, 0.25) is 0 Å². The van der Waals surface area contributed by atoms with Crippen molar-refractivity contribution in [2.24, 2.45) is 7.05 Å². The van der Waals surface area contributed by atoms with Gasteiger partial charge in [-0.05, 0) is 30.3 Å². The predicted molar refractivity (Wildman–Crippen MR) is 60.8 cm³/mol. The van der Waals surface area contributed by atoms with Gasteiger partial charge in [-0.3, -0.25) is 9.48 Å². The van der Waals surface area contributed by atoms with Gasteiger partial charge >= 0.3 is 0 Å². The largest absolute Gasteiger partial charge is 0.346 e. The minimum Gasteiger partial charge on any atom is -0.346 e. The van der Waals surface area contributed by atoms with Crippen LogP contribution < -0.4 is 5.32 Å². The number of aryl methyl sites for hydroxylation is 1. The standard InChI is InChI=1S/C12H12FN3O/c1-16-7-6-11(15-16)8-14-12(17)9-2-4-10(13)5-3-9/h2-7H,8H2,1H3,(H,14,17). The smallest absolute Gasteiger partial charge is 0.251 e. The van der Waals surface area contributed by atoms with Gasteiger partial charge in [0, 0.05) is 18.8 Å². The molecule has 0 radical (unpaired) electrons. The number of nitrogens with one attached hydrogen (secondary N) is 1. The lowest BCUT2D eigenvalue weighted by Gasteiger charge is -2.02. The van der Waals surface area contributed by atoms with Crippen LogP contribution in [0.5, 0.6) is 0 Å². The van der Waals surface area contributed by atoms with Crippen molar-refractivity contribution < 1.29 is 9.18 Å². The first-order valence-corrected chi connectivity index (χ1v) is 5.17. The van der Waals surface area contributed by atoms with E-state index in [2.05, 4.69) is 10.4 Å². The molecule has 1 aromatic heterocycles. The molecular weight excluding hydrogens is 221 g/mol. The van der Waals surface area contributed by atoms with E-state index in [1.807, 2.05) is 13.1 Å². The number of halogens is 1. The van der Waals surface area contributed by atoms with Crippen molar-refractivity contribution in [2.45, 2.75) is 6.54 Å². The molecule has 0 atom stereocenters. The molecule has 0 unspecified atom stereocenters. The summed E-state index contributed by atoms with van der Waals surface area (Å²) in [5.41, 5.74) is 1.21. The lowest BCUT2D eigenvalue weighted by atomic mass is 10.2. The van der Waals surface area contributed by atoms with Crippen molar-refractivity contribution in [3.05, 3.63) is 53.6 Å². The molecule has 2 aromatic rings. The fraction of sp³-hybridized carbons (Fsp3) is 0.167. The Hall–Kier alpha value is -2.17. The van der Waals surface area contributed by atoms with E-state index in [1.165, 1.54) is 24.3 Å². The van der Waals surface area contributed by atoms with Gasteiger partial charge < -0.3 is 5.32 Å². The molecule has 0 saturated heterocycles. The van der Waals surface area contributed by atoms with Crippen LogP contribution >= 0.6 is 0 Å². The van der Waals surface area contributed by atoms with E-state index in [1.54, 1.807) is 10.9 Å². The molecule has 1 amide bonds. The van der Waals surface area contributed by atoms with Gasteiger partial charge in [0.25, 0.3) is 5.91 Å². The number of benzene rings is 1. The highest BCUT2D eigenvalue weighted by Crippen LogP contribution is 2.03. The first-order chi connectivity index (χ1) is 8.15. The number of amides is 1. The van der Waals surface area contributed by atoms with Crippen LogP contribution in [-0.4, -0.2) is 15.7 Å². The summed E-state index contributed by atoms with van der Waals surface area (Å²) in [5.74, 6) is -0.595. The molecule has 0 aliphatic carbocycles. The summed E-state index contributed by atoms with van der Waals surface area (Å²) < 4.78 is 14.3. The fourth-order valence-corrected chi connectivity index (χ4v) is 1.43. The van der Waals surface area contributed by atoms with E-state index < -0.39 is 0 Å². The number of carbonyl (C=O) groups excluding carboxylic acids is 1. The molecule has 0 aliphatic rings. The number of nitrogens with zero attached hydrogens (tertiary/aromatic N) is 2. The van der Waals surface area contributed by atoms with Crippen LogP contribution in [0.25, 0.3) is 0 Å². The lowest BCUT2D eigenvalue weighted by molar-refractivity contribution is 0.0950. The maximum absolute atomic E-state index is 12.7. The summed E-state index contributed by atoms with van der Waals surface area (Å²) in [6.45, 7) is 0.358. The normalized spacial score (nSPS) is 10.2. The highest BCUT2D eigenvalue weighted by molar-refractivity contribution is 5.94. The topological polar surface area (TPSA) is 46.9 Å². The van der Waals surface area contributed by atoms with Crippen LogP contribution in [0, 0.1) is 5.82 Å². The van der Waals surface area contributed by atoms with Crippen LogP contribution in [0.3, 0.4) is 0 Å². The Labute approximate surface area is 98.1 Å². The van der Waals surface area contributed by atoms with Gasteiger partial charge in [0.05, 0.1) is 12.2 Å². The van der Waals surface area contributed by atoms with Crippen LogP contribution in [0.15, 0.2) is 36.5 Å². The van der Waals surface area contributed by atoms with Crippen LogP contribution in [-0.2, 0) is 13.6 Å². The average Bonchev–Trinajstić information content (AvgIpc) is 2.73. The third-order valence-electron chi connectivity index (χ3n) is 2.31. The van der Waals surface area contributed by atoms with E-state index in [9.17, 15) is 9.18 Å². The number of hydrogen-bond donors (Lipinski definition) is 1. The van der Waals surface area contributed by atoms with Crippen molar-refractivity contribution in [2.75, 3.05) is 0 Å². The molecule has 4 nitrogen and oxygen atoms in total. The Balaban J connectivity index is 1.95. The molecule has 1 aromatic carbocycles. The van der Waals surface area contributed by atoms with Gasteiger partial charge in [0.15, 0.2) is 0 Å². The van der Waals surface area contributed by atoms with Crippen molar-refractivity contribution in [1.29, 1.82) is 0 Å². The van der Waals surface area contributed by atoms with E-state index in [0.717, 1.165) is 5.69 Å². The third-order valence-corrected chi connectivity index (χ3v) is 2.31. The maximum Gasteiger partial charge on any atom is 0.251 e. The SMILES string of the molecule is Cn1ccc(CNC(=O)c2ccc(F)cc2)n1. The summed E-state index contributed by atoms with van der Waals surface area (Å²) in [7, 11) is 1.81. The molecule has 0 saturated carbocycles. The van der Waals surface area contributed by atoms with Gasteiger partial charge in [-0.1, -0.05) is 0 Å². The fourth-order valence-electron chi connectivity index (χ4n) is 1.43. The molecular formula is C12H12FN3O. The molecule has 5 heteroatoms. The second-order valence-corrected chi connectivity index (χ2v) is 3.67. The highest BCUT2D eigenvalue weighted by atomic mass is 19.1. The van der Waals surface area contributed by atoms with E-state index >= 15 is 0 Å². The summed E-state index contributed by atoms with van der Waals surface area (Å²) >= 11 is 0. The average molecular weight is 233 g/mol. The molecule has 1 N–H and O–H groups in total. The van der Waals surface area contributed by atoms with E-state index in [-0.39, 0.29) is 11.7 Å². The molecule has 0 aliphatic heterocycles. The number of carbonyl (C=O) groups is 1. The van der Waals surface area contributed by atoms with Crippen molar-refractivity contribution in [3.8, 4) is 0 Å². The lowest BCUT2D eigenvalue weighted by Crippen LogP contribution is -2.23. The first-order valence-electron chi connectivity index (χ1n) is 5.17. The molecule has 0 spiro atoms. The van der Waals surface area contributed by atoms with Gasteiger partial charge in [-0.25, -0.2) is 4.39 Å². The molecule has 1 heterocycles. The summed E-state index contributed by atoms with van der Waals surface area (Å²) in [6, 6.07) is 7.24. The Morgan fingerprint density at radius 3 is 2.65 bits per heavy atom.